The second-order valence-electron chi connectivity index (χ2n) is 7.61. The molecule has 1 unspecified atom stereocenters. The van der Waals surface area contributed by atoms with Crippen molar-refractivity contribution in [2.45, 2.75) is 43.5 Å². The van der Waals surface area contributed by atoms with Crippen LogP contribution >= 0.6 is 0 Å². The van der Waals surface area contributed by atoms with Gasteiger partial charge in [-0.15, -0.1) is 0 Å². The van der Waals surface area contributed by atoms with Crippen molar-refractivity contribution in [2.75, 3.05) is 18.4 Å². The number of fused-ring (bicyclic) bond motifs is 1. The normalized spacial score (nSPS) is 21.3. The van der Waals surface area contributed by atoms with Crippen LogP contribution in [0.3, 0.4) is 0 Å². The van der Waals surface area contributed by atoms with Crippen molar-refractivity contribution in [1.82, 2.24) is 4.31 Å². The van der Waals surface area contributed by atoms with Crippen LogP contribution in [0, 0.1) is 5.92 Å². The summed E-state index contributed by atoms with van der Waals surface area (Å²) in [6.07, 6.45) is 3.78. The minimum atomic E-state index is -3.39. The van der Waals surface area contributed by atoms with E-state index in [0.29, 0.717) is 29.9 Å². The number of nitrogens with zero attached hydrogens (tertiary/aromatic N) is 1. The van der Waals surface area contributed by atoms with Crippen LogP contribution in [-0.2, 0) is 22.9 Å². The third kappa shape index (κ3) is 3.51. The number of anilines is 1. The van der Waals surface area contributed by atoms with E-state index >= 15 is 0 Å². The zero-order valence-corrected chi connectivity index (χ0v) is 16.0. The number of piperidine rings is 1. The van der Waals surface area contributed by atoms with Gasteiger partial charge in [-0.05, 0) is 67.9 Å². The first-order valence-electron chi connectivity index (χ1n) is 9.46. The van der Waals surface area contributed by atoms with Crippen LogP contribution in [0.1, 0.15) is 30.9 Å². The van der Waals surface area contributed by atoms with Gasteiger partial charge >= 0.3 is 0 Å². The summed E-state index contributed by atoms with van der Waals surface area (Å²) in [5, 5.41) is 3.38. The Kier molecular flexibility index (Phi) is 4.76. The van der Waals surface area contributed by atoms with Gasteiger partial charge in [-0.3, -0.25) is 0 Å². The van der Waals surface area contributed by atoms with E-state index < -0.39 is 10.0 Å². The fourth-order valence-corrected chi connectivity index (χ4v) is 5.66. The van der Waals surface area contributed by atoms with Crippen molar-refractivity contribution < 1.29 is 8.42 Å². The second-order valence-corrected chi connectivity index (χ2v) is 9.54. The lowest BCUT2D eigenvalue weighted by atomic mass is 9.91. The van der Waals surface area contributed by atoms with Crippen molar-refractivity contribution in [2.24, 2.45) is 5.92 Å². The molecule has 2 aliphatic rings. The molecule has 4 nitrogen and oxygen atoms in total. The number of nitrogens with one attached hydrogen (secondary N) is 1. The molecule has 0 aliphatic carbocycles. The molecule has 5 heteroatoms. The van der Waals surface area contributed by atoms with Crippen LogP contribution in [0.2, 0.25) is 0 Å². The molecule has 2 aromatic rings. The Morgan fingerprint density at radius 3 is 2.54 bits per heavy atom. The Balaban J connectivity index is 1.43. The largest absolute Gasteiger partial charge is 0.382 e. The molecule has 0 spiro atoms. The van der Waals surface area contributed by atoms with Gasteiger partial charge < -0.3 is 5.32 Å². The molecule has 1 saturated heterocycles. The molecule has 2 aromatic carbocycles. The second kappa shape index (κ2) is 7.05. The summed E-state index contributed by atoms with van der Waals surface area (Å²) in [4.78, 5) is 0.439. The van der Waals surface area contributed by atoms with E-state index in [1.165, 1.54) is 5.56 Å². The highest BCUT2D eigenvalue weighted by atomic mass is 32.2. The summed E-state index contributed by atoms with van der Waals surface area (Å²) in [5.41, 5.74) is 3.52. The molecule has 1 N–H and O–H groups in total. The van der Waals surface area contributed by atoms with E-state index in [2.05, 4.69) is 36.5 Å². The zero-order valence-electron chi connectivity index (χ0n) is 15.2. The van der Waals surface area contributed by atoms with Crippen molar-refractivity contribution in [1.29, 1.82) is 0 Å². The highest BCUT2D eigenvalue weighted by Crippen LogP contribution is 2.31. The monoisotopic (exact) mass is 370 g/mol. The summed E-state index contributed by atoms with van der Waals surface area (Å²) in [6.45, 7) is 3.35. The first kappa shape index (κ1) is 17.6. The average Bonchev–Trinajstić information content (AvgIpc) is 3.02. The van der Waals surface area contributed by atoms with E-state index in [4.69, 9.17) is 0 Å². The fourth-order valence-electron chi connectivity index (χ4n) is 4.14. The molecular formula is C21H26N2O2S. The van der Waals surface area contributed by atoms with Gasteiger partial charge in [0.1, 0.15) is 0 Å². The van der Waals surface area contributed by atoms with Gasteiger partial charge in [-0.1, -0.05) is 30.3 Å². The van der Waals surface area contributed by atoms with Crippen molar-refractivity contribution >= 4 is 15.7 Å². The number of rotatable bonds is 4. The Labute approximate surface area is 156 Å². The summed E-state index contributed by atoms with van der Waals surface area (Å²) in [7, 11) is -3.39. The molecule has 1 fully saturated rings. The average molecular weight is 371 g/mol. The number of hydrogen-bond acceptors (Lipinski definition) is 3. The van der Waals surface area contributed by atoms with E-state index in [-0.39, 0.29) is 0 Å². The third-order valence-electron chi connectivity index (χ3n) is 5.58. The van der Waals surface area contributed by atoms with E-state index in [9.17, 15) is 8.42 Å². The zero-order chi connectivity index (χ0) is 18.1. The highest BCUT2D eigenvalue weighted by Gasteiger charge is 2.30. The third-order valence-corrected chi connectivity index (χ3v) is 7.48. The Morgan fingerprint density at radius 1 is 1.08 bits per heavy atom. The molecule has 26 heavy (non-hydrogen) atoms. The predicted octanol–water partition coefficient (Wildman–Crippen LogP) is 3.69. The van der Waals surface area contributed by atoms with Crippen molar-refractivity contribution in [3.05, 3.63) is 59.7 Å². The van der Waals surface area contributed by atoms with Gasteiger partial charge in [0.05, 0.1) is 4.90 Å². The van der Waals surface area contributed by atoms with Gasteiger partial charge in [0, 0.05) is 24.8 Å². The Hall–Kier alpha value is -1.85. The minimum Gasteiger partial charge on any atom is -0.382 e. The first-order chi connectivity index (χ1) is 12.5. The quantitative estimate of drug-likeness (QED) is 0.893. The maximum atomic E-state index is 13.0. The highest BCUT2D eigenvalue weighted by molar-refractivity contribution is 7.89. The molecular weight excluding hydrogens is 344 g/mol. The molecule has 0 radical (unpaired) electrons. The van der Waals surface area contributed by atoms with E-state index in [1.54, 1.807) is 10.4 Å². The number of sulfonamides is 1. The topological polar surface area (TPSA) is 49.4 Å². The predicted molar refractivity (Wildman–Crippen MR) is 105 cm³/mol. The van der Waals surface area contributed by atoms with Crippen molar-refractivity contribution in [3.63, 3.8) is 0 Å². The van der Waals surface area contributed by atoms with E-state index in [0.717, 1.165) is 36.9 Å². The van der Waals surface area contributed by atoms with Crippen LogP contribution in [0.25, 0.3) is 0 Å². The lowest BCUT2D eigenvalue weighted by Crippen LogP contribution is -2.38. The van der Waals surface area contributed by atoms with Gasteiger partial charge in [-0.2, -0.15) is 4.31 Å². The maximum Gasteiger partial charge on any atom is 0.243 e. The Morgan fingerprint density at radius 2 is 1.81 bits per heavy atom. The Bertz CT molecular complexity index is 872. The van der Waals surface area contributed by atoms with Crippen molar-refractivity contribution in [3.8, 4) is 0 Å². The van der Waals surface area contributed by atoms with Crippen LogP contribution in [-0.4, -0.2) is 31.9 Å². The molecule has 1 atom stereocenters. The van der Waals surface area contributed by atoms with Crippen LogP contribution in [0.4, 0.5) is 5.69 Å². The summed E-state index contributed by atoms with van der Waals surface area (Å²) >= 11 is 0. The SMILES string of the molecule is CC1Cc2cc(S(=O)(=O)N3CCC(Cc4ccccc4)CC3)ccc2N1. The molecule has 0 aromatic heterocycles. The molecule has 2 aliphatic heterocycles. The first-order valence-corrected chi connectivity index (χ1v) is 10.9. The molecule has 0 amide bonds. The molecule has 0 bridgehead atoms. The van der Waals surface area contributed by atoms with E-state index in [1.807, 2.05) is 18.2 Å². The van der Waals surface area contributed by atoms with Gasteiger partial charge in [0.25, 0.3) is 0 Å². The summed E-state index contributed by atoms with van der Waals surface area (Å²) < 4.78 is 27.7. The smallest absolute Gasteiger partial charge is 0.243 e. The fraction of sp³-hybridized carbons (Fsp3) is 0.429. The van der Waals surface area contributed by atoms with Gasteiger partial charge in [-0.25, -0.2) is 8.42 Å². The molecule has 4 rings (SSSR count). The lowest BCUT2D eigenvalue weighted by molar-refractivity contribution is 0.273. The number of hydrogen-bond donors (Lipinski definition) is 1. The lowest BCUT2D eigenvalue weighted by Gasteiger charge is -2.31. The maximum absolute atomic E-state index is 13.0. The van der Waals surface area contributed by atoms with Gasteiger partial charge in [0.15, 0.2) is 0 Å². The summed E-state index contributed by atoms with van der Waals surface area (Å²) in [6, 6.07) is 16.4. The van der Waals surface area contributed by atoms with Crippen LogP contribution < -0.4 is 5.32 Å². The minimum absolute atomic E-state index is 0.372. The van der Waals surface area contributed by atoms with Crippen LogP contribution in [0.15, 0.2) is 53.4 Å². The summed E-state index contributed by atoms with van der Waals surface area (Å²) in [5.74, 6) is 0.564. The molecule has 0 saturated carbocycles. The molecule has 2 heterocycles. The number of benzene rings is 2. The molecule has 138 valence electrons. The van der Waals surface area contributed by atoms with Gasteiger partial charge in [0.2, 0.25) is 10.0 Å². The van der Waals surface area contributed by atoms with Crippen LogP contribution in [0.5, 0.6) is 0 Å². The standard InChI is InChI=1S/C21H26N2O2S/c1-16-13-19-15-20(7-8-21(19)22-16)26(24,25)23-11-9-18(10-12-23)14-17-5-3-2-4-6-17/h2-8,15-16,18,22H,9-14H2,1H3.